The number of benzene rings is 1. The van der Waals surface area contributed by atoms with E-state index in [9.17, 15) is 0 Å². The van der Waals surface area contributed by atoms with Gasteiger partial charge in [0.2, 0.25) is 0 Å². The van der Waals surface area contributed by atoms with Crippen LogP contribution in [0.3, 0.4) is 0 Å². The van der Waals surface area contributed by atoms with Crippen LogP contribution in [0.5, 0.6) is 0 Å². The van der Waals surface area contributed by atoms with Crippen molar-refractivity contribution in [1.82, 2.24) is 24.8 Å². The molecule has 0 amide bonds. The first-order valence-corrected chi connectivity index (χ1v) is 9.58. The van der Waals surface area contributed by atoms with Crippen LogP contribution in [0.1, 0.15) is 0 Å². The topological polar surface area (TPSA) is 60.9 Å². The van der Waals surface area contributed by atoms with Crippen molar-refractivity contribution >= 4 is 16.9 Å². The number of aromatic nitrogens is 4. The van der Waals surface area contributed by atoms with E-state index in [0.29, 0.717) is 0 Å². The van der Waals surface area contributed by atoms with Gasteiger partial charge in [-0.05, 0) is 37.4 Å². The van der Waals surface area contributed by atoms with Gasteiger partial charge in [-0.1, -0.05) is 18.2 Å². The predicted molar refractivity (Wildman–Crippen MR) is 112 cm³/mol. The minimum Gasteiger partial charge on any atom is -0.369 e. The molecule has 0 bridgehead atoms. The van der Waals surface area contributed by atoms with Gasteiger partial charge >= 0.3 is 0 Å². The molecule has 6 nitrogen and oxygen atoms in total. The Labute approximate surface area is 163 Å². The third kappa shape index (κ3) is 3.12. The molecule has 1 aliphatic rings. The van der Waals surface area contributed by atoms with E-state index >= 15 is 0 Å². The Kier molecular flexibility index (Phi) is 4.25. The van der Waals surface area contributed by atoms with E-state index in [0.717, 1.165) is 60.0 Å². The molecule has 1 fully saturated rings. The summed E-state index contributed by atoms with van der Waals surface area (Å²) in [6.07, 6.45) is 3.66. The molecule has 0 spiro atoms. The van der Waals surface area contributed by atoms with E-state index in [1.807, 2.05) is 30.5 Å². The first-order chi connectivity index (χ1) is 13.8. The molecule has 1 saturated heterocycles. The molecular weight excluding hydrogens is 348 g/mol. The predicted octanol–water partition coefficient (Wildman–Crippen LogP) is 3.44. The lowest BCUT2D eigenvalue weighted by Crippen LogP contribution is -2.44. The molecule has 0 aliphatic carbocycles. The van der Waals surface area contributed by atoms with Crippen molar-refractivity contribution in [3.05, 3.63) is 60.9 Å². The number of hydrogen-bond acceptors (Lipinski definition) is 5. The molecule has 0 atom stereocenters. The zero-order valence-corrected chi connectivity index (χ0v) is 15.8. The normalized spacial score (nSPS) is 15.2. The maximum atomic E-state index is 4.88. The number of likely N-dealkylation sites (N-methyl/N-ethyl adjacent to an activating group) is 1. The minimum atomic E-state index is 0.776. The average Bonchev–Trinajstić information content (AvgIpc) is 3.22. The Morgan fingerprint density at radius 2 is 1.68 bits per heavy atom. The van der Waals surface area contributed by atoms with Gasteiger partial charge in [-0.3, -0.25) is 4.98 Å². The molecule has 4 aromatic rings. The number of nitrogens with one attached hydrogen (secondary N) is 1. The van der Waals surface area contributed by atoms with Gasteiger partial charge in [0.05, 0.1) is 11.4 Å². The average molecular weight is 370 g/mol. The molecule has 3 aromatic heterocycles. The largest absolute Gasteiger partial charge is 0.369 e. The van der Waals surface area contributed by atoms with Gasteiger partial charge in [0.1, 0.15) is 11.2 Å². The van der Waals surface area contributed by atoms with Crippen molar-refractivity contribution in [3.8, 4) is 22.6 Å². The van der Waals surface area contributed by atoms with Crippen LogP contribution >= 0.6 is 0 Å². The van der Waals surface area contributed by atoms with Gasteiger partial charge in [-0.25, -0.2) is 9.97 Å². The summed E-state index contributed by atoms with van der Waals surface area (Å²) in [5.74, 6) is 0. The summed E-state index contributed by atoms with van der Waals surface area (Å²) in [7, 11) is 2.18. The van der Waals surface area contributed by atoms with Crippen LogP contribution in [-0.4, -0.2) is 58.1 Å². The van der Waals surface area contributed by atoms with Crippen molar-refractivity contribution < 1.29 is 0 Å². The smallest absolute Gasteiger partial charge is 0.156 e. The molecule has 1 aromatic carbocycles. The molecule has 5 rings (SSSR count). The van der Waals surface area contributed by atoms with E-state index in [2.05, 4.69) is 51.1 Å². The fourth-order valence-electron chi connectivity index (χ4n) is 3.65. The number of H-pyrrole nitrogens is 1. The van der Waals surface area contributed by atoms with E-state index in [1.54, 1.807) is 6.20 Å². The maximum Gasteiger partial charge on any atom is 0.156 e. The molecule has 0 unspecified atom stereocenters. The summed E-state index contributed by atoms with van der Waals surface area (Å²) in [5.41, 5.74) is 6.42. The molecule has 1 N–H and O–H groups in total. The number of aromatic amines is 1. The number of fused-ring (bicyclic) bond motifs is 1. The monoisotopic (exact) mass is 370 g/mol. The Balaban J connectivity index is 1.55. The summed E-state index contributed by atoms with van der Waals surface area (Å²) in [6, 6.07) is 16.5. The SMILES string of the molecule is CN1CCN(c2ccc(-c3nc4cc[nH]c4nc3-c3ccccn3)cc2)CC1. The lowest BCUT2D eigenvalue weighted by Gasteiger charge is -2.34. The fraction of sp³-hybridized carbons (Fsp3) is 0.227. The second-order valence-corrected chi connectivity index (χ2v) is 7.18. The van der Waals surface area contributed by atoms with E-state index in [1.165, 1.54) is 5.69 Å². The molecule has 0 saturated carbocycles. The van der Waals surface area contributed by atoms with Gasteiger partial charge in [0.25, 0.3) is 0 Å². The summed E-state index contributed by atoms with van der Waals surface area (Å²) < 4.78 is 0. The molecule has 0 radical (unpaired) electrons. The second kappa shape index (κ2) is 7.05. The number of piperazine rings is 1. The zero-order chi connectivity index (χ0) is 18.9. The van der Waals surface area contributed by atoms with Crippen LogP contribution in [0, 0.1) is 0 Å². The van der Waals surface area contributed by atoms with Crippen LogP contribution in [0.25, 0.3) is 33.8 Å². The number of anilines is 1. The van der Waals surface area contributed by atoms with Gasteiger partial charge in [0, 0.05) is 49.8 Å². The first-order valence-electron chi connectivity index (χ1n) is 9.58. The van der Waals surface area contributed by atoms with E-state index < -0.39 is 0 Å². The highest BCUT2D eigenvalue weighted by Gasteiger charge is 2.17. The quantitative estimate of drug-likeness (QED) is 0.599. The van der Waals surface area contributed by atoms with Crippen LogP contribution in [0.15, 0.2) is 60.9 Å². The summed E-state index contributed by atoms with van der Waals surface area (Å²) >= 11 is 0. The van der Waals surface area contributed by atoms with Gasteiger partial charge in [0.15, 0.2) is 5.65 Å². The fourth-order valence-corrected chi connectivity index (χ4v) is 3.65. The third-order valence-electron chi connectivity index (χ3n) is 5.30. The summed E-state index contributed by atoms with van der Waals surface area (Å²) in [4.78, 5) is 22.1. The Morgan fingerprint density at radius 3 is 2.43 bits per heavy atom. The molecule has 6 heteroatoms. The maximum absolute atomic E-state index is 4.88. The lowest BCUT2D eigenvalue weighted by molar-refractivity contribution is 0.313. The van der Waals surface area contributed by atoms with Gasteiger partial charge < -0.3 is 14.8 Å². The van der Waals surface area contributed by atoms with Crippen molar-refractivity contribution in [2.45, 2.75) is 0 Å². The zero-order valence-electron chi connectivity index (χ0n) is 15.8. The Bertz CT molecular complexity index is 1080. The Hall–Kier alpha value is -3.25. The van der Waals surface area contributed by atoms with Crippen LogP contribution in [-0.2, 0) is 0 Å². The number of nitrogens with zero attached hydrogens (tertiary/aromatic N) is 5. The van der Waals surface area contributed by atoms with E-state index in [4.69, 9.17) is 9.97 Å². The number of pyridine rings is 1. The van der Waals surface area contributed by atoms with Crippen LogP contribution in [0.4, 0.5) is 5.69 Å². The summed E-state index contributed by atoms with van der Waals surface area (Å²) in [6.45, 7) is 4.32. The molecule has 1 aliphatic heterocycles. The van der Waals surface area contributed by atoms with Crippen molar-refractivity contribution in [2.24, 2.45) is 0 Å². The van der Waals surface area contributed by atoms with Crippen molar-refractivity contribution in [2.75, 3.05) is 38.1 Å². The highest BCUT2D eigenvalue weighted by atomic mass is 15.2. The molecule has 4 heterocycles. The lowest BCUT2D eigenvalue weighted by atomic mass is 10.1. The molecule has 28 heavy (non-hydrogen) atoms. The molecular formula is C22H22N6. The van der Waals surface area contributed by atoms with Crippen LogP contribution < -0.4 is 4.90 Å². The van der Waals surface area contributed by atoms with Gasteiger partial charge in [-0.15, -0.1) is 0 Å². The van der Waals surface area contributed by atoms with Crippen molar-refractivity contribution in [3.63, 3.8) is 0 Å². The highest BCUT2D eigenvalue weighted by molar-refractivity contribution is 5.84. The summed E-state index contributed by atoms with van der Waals surface area (Å²) in [5, 5.41) is 0. The number of rotatable bonds is 3. The highest BCUT2D eigenvalue weighted by Crippen LogP contribution is 2.31. The standard InChI is InChI=1S/C22H22N6/c1-27-12-14-28(15-13-27)17-7-5-16(6-8-17)20-21(18-4-2-3-10-23-18)26-22-19(25-20)9-11-24-22/h2-11H,12-15H2,1H3,(H,24,26). The first kappa shape index (κ1) is 16.9. The van der Waals surface area contributed by atoms with E-state index in [-0.39, 0.29) is 0 Å². The third-order valence-corrected chi connectivity index (χ3v) is 5.30. The Morgan fingerprint density at radius 1 is 0.857 bits per heavy atom. The van der Waals surface area contributed by atoms with Crippen LogP contribution in [0.2, 0.25) is 0 Å². The van der Waals surface area contributed by atoms with Crippen molar-refractivity contribution in [1.29, 1.82) is 0 Å². The van der Waals surface area contributed by atoms with Gasteiger partial charge in [-0.2, -0.15) is 0 Å². The molecule has 140 valence electrons. The second-order valence-electron chi connectivity index (χ2n) is 7.18. The minimum absolute atomic E-state index is 0.776. The number of hydrogen-bond donors (Lipinski definition) is 1.